The molecule has 5 heteroatoms. The van der Waals surface area contributed by atoms with E-state index in [2.05, 4.69) is 15.6 Å². The fourth-order valence-electron chi connectivity index (χ4n) is 1.67. The quantitative estimate of drug-likeness (QED) is 0.899. The lowest BCUT2D eigenvalue weighted by Crippen LogP contribution is -2.15. The van der Waals surface area contributed by atoms with Crippen LogP contribution in [-0.2, 0) is 0 Å². The molecule has 1 amide bonds. The number of para-hydroxylation sites is 1. The third kappa shape index (κ3) is 3.23. The van der Waals surface area contributed by atoms with Crippen molar-refractivity contribution in [2.45, 2.75) is 6.92 Å². The van der Waals surface area contributed by atoms with E-state index < -0.39 is 0 Å². The first-order chi connectivity index (χ1) is 9.22. The summed E-state index contributed by atoms with van der Waals surface area (Å²) >= 11 is 6.01. The van der Waals surface area contributed by atoms with Gasteiger partial charge in [0.2, 0.25) is 0 Å². The monoisotopic (exact) mass is 275 g/mol. The van der Waals surface area contributed by atoms with E-state index in [4.69, 9.17) is 11.6 Å². The molecular weight excluding hydrogens is 262 g/mol. The third-order valence-corrected chi connectivity index (χ3v) is 2.88. The highest BCUT2D eigenvalue weighted by Crippen LogP contribution is 2.22. The number of nitrogens with one attached hydrogen (secondary N) is 2. The van der Waals surface area contributed by atoms with Gasteiger partial charge in [-0.15, -0.1) is 0 Å². The maximum atomic E-state index is 12.2. The van der Waals surface area contributed by atoms with E-state index in [0.717, 1.165) is 12.2 Å². The molecule has 2 N–H and O–H groups in total. The summed E-state index contributed by atoms with van der Waals surface area (Å²) in [6.07, 6.45) is 3.18. The van der Waals surface area contributed by atoms with Gasteiger partial charge in [-0.2, -0.15) is 0 Å². The molecule has 0 spiro atoms. The number of hydrogen-bond donors (Lipinski definition) is 2. The number of pyridine rings is 1. The molecule has 0 aliphatic rings. The van der Waals surface area contributed by atoms with Crippen molar-refractivity contribution in [2.24, 2.45) is 0 Å². The van der Waals surface area contributed by atoms with Crippen molar-refractivity contribution in [2.75, 3.05) is 17.2 Å². The lowest BCUT2D eigenvalue weighted by molar-refractivity contribution is 0.102. The third-order valence-electron chi connectivity index (χ3n) is 2.55. The van der Waals surface area contributed by atoms with Crippen LogP contribution in [0.25, 0.3) is 0 Å². The molecule has 19 heavy (non-hydrogen) atoms. The summed E-state index contributed by atoms with van der Waals surface area (Å²) < 4.78 is 0. The van der Waals surface area contributed by atoms with E-state index >= 15 is 0 Å². The minimum atomic E-state index is -0.239. The van der Waals surface area contributed by atoms with E-state index in [-0.39, 0.29) is 5.91 Å². The fraction of sp³-hybridized carbons (Fsp3) is 0.143. The van der Waals surface area contributed by atoms with Crippen LogP contribution < -0.4 is 10.6 Å². The molecule has 1 heterocycles. The number of rotatable bonds is 4. The van der Waals surface area contributed by atoms with Crippen molar-refractivity contribution in [3.05, 3.63) is 53.3 Å². The second kappa shape index (κ2) is 6.20. The number of amides is 1. The molecule has 2 aromatic rings. The summed E-state index contributed by atoms with van der Waals surface area (Å²) in [5.41, 5.74) is 1.83. The summed E-state index contributed by atoms with van der Waals surface area (Å²) in [7, 11) is 0. The van der Waals surface area contributed by atoms with E-state index in [1.54, 1.807) is 24.4 Å². The number of aromatic nitrogens is 1. The zero-order chi connectivity index (χ0) is 13.7. The minimum Gasteiger partial charge on any atom is -0.385 e. The predicted octanol–water partition coefficient (Wildman–Crippen LogP) is 3.42. The van der Waals surface area contributed by atoms with Gasteiger partial charge in [-0.1, -0.05) is 23.7 Å². The highest BCUT2D eigenvalue weighted by atomic mass is 35.5. The molecule has 0 bridgehead atoms. The zero-order valence-electron chi connectivity index (χ0n) is 10.5. The topological polar surface area (TPSA) is 54.0 Å². The average molecular weight is 276 g/mol. The molecule has 0 unspecified atom stereocenters. The number of benzene rings is 1. The second-order valence-corrected chi connectivity index (χ2v) is 4.29. The van der Waals surface area contributed by atoms with Crippen LogP contribution in [0.1, 0.15) is 17.3 Å². The van der Waals surface area contributed by atoms with Crippen LogP contribution in [0.2, 0.25) is 5.02 Å². The first-order valence-electron chi connectivity index (χ1n) is 5.96. The first kappa shape index (κ1) is 13.4. The molecule has 0 radical (unpaired) electrons. The van der Waals surface area contributed by atoms with Gasteiger partial charge in [-0.3, -0.25) is 9.78 Å². The molecule has 98 valence electrons. The van der Waals surface area contributed by atoms with E-state index in [9.17, 15) is 4.79 Å². The smallest absolute Gasteiger partial charge is 0.259 e. The number of nitrogens with zero attached hydrogens (tertiary/aromatic N) is 1. The zero-order valence-corrected chi connectivity index (χ0v) is 11.2. The first-order valence-corrected chi connectivity index (χ1v) is 6.34. The maximum absolute atomic E-state index is 12.2. The summed E-state index contributed by atoms with van der Waals surface area (Å²) in [4.78, 5) is 16.2. The highest BCUT2D eigenvalue weighted by molar-refractivity contribution is 6.34. The van der Waals surface area contributed by atoms with Gasteiger partial charge in [0, 0.05) is 18.9 Å². The maximum Gasteiger partial charge on any atom is 0.259 e. The Morgan fingerprint density at radius 3 is 2.79 bits per heavy atom. The van der Waals surface area contributed by atoms with Gasteiger partial charge in [0.25, 0.3) is 5.91 Å². The summed E-state index contributed by atoms with van der Waals surface area (Å²) in [5, 5.41) is 6.40. The van der Waals surface area contributed by atoms with Crippen molar-refractivity contribution in [1.82, 2.24) is 4.98 Å². The second-order valence-electron chi connectivity index (χ2n) is 3.89. The number of carbonyl (C=O) groups excluding carboxylic acids is 1. The molecule has 0 aliphatic carbocycles. The van der Waals surface area contributed by atoms with Gasteiger partial charge in [0.05, 0.1) is 22.0 Å². The van der Waals surface area contributed by atoms with Gasteiger partial charge in [0.15, 0.2) is 0 Å². The highest BCUT2D eigenvalue weighted by Gasteiger charge is 2.12. The number of carbonyl (C=O) groups is 1. The predicted molar refractivity (Wildman–Crippen MR) is 77.8 cm³/mol. The SMILES string of the molecule is CCNc1ccncc1C(=O)Nc1ccccc1Cl. The van der Waals surface area contributed by atoms with E-state index in [0.29, 0.717) is 16.3 Å². The molecule has 1 aromatic heterocycles. The lowest BCUT2D eigenvalue weighted by atomic mass is 10.2. The van der Waals surface area contributed by atoms with Gasteiger partial charge < -0.3 is 10.6 Å². The van der Waals surface area contributed by atoms with Crippen LogP contribution in [-0.4, -0.2) is 17.4 Å². The Labute approximate surface area is 116 Å². The van der Waals surface area contributed by atoms with Crippen LogP contribution in [0.15, 0.2) is 42.7 Å². The molecule has 0 aliphatic heterocycles. The lowest BCUT2D eigenvalue weighted by Gasteiger charge is -2.11. The van der Waals surface area contributed by atoms with Gasteiger partial charge in [-0.05, 0) is 25.1 Å². The Morgan fingerprint density at radius 2 is 2.05 bits per heavy atom. The molecule has 0 saturated heterocycles. The molecule has 0 saturated carbocycles. The van der Waals surface area contributed by atoms with Crippen LogP contribution in [0.3, 0.4) is 0 Å². The van der Waals surface area contributed by atoms with Crippen molar-refractivity contribution < 1.29 is 4.79 Å². The standard InChI is InChI=1S/C14H14ClN3O/c1-2-17-12-7-8-16-9-10(12)14(19)18-13-6-4-3-5-11(13)15/h3-9H,2H2,1H3,(H,16,17)(H,18,19). The van der Waals surface area contributed by atoms with Crippen molar-refractivity contribution in [3.63, 3.8) is 0 Å². The molecule has 0 atom stereocenters. The largest absolute Gasteiger partial charge is 0.385 e. The van der Waals surface area contributed by atoms with Crippen LogP contribution in [0, 0.1) is 0 Å². The molecular formula is C14H14ClN3O. The Kier molecular flexibility index (Phi) is 4.36. The van der Waals surface area contributed by atoms with Crippen molar-refractivity contribution in [3.8, 4) is 0 Å². The minimum absolute atomic E-state index is 0.239. The molecule has 2 rings (SSSR count). The van der Waals surface area contributed by atoms with E-state index in [1.165, 1.54) is 6.20 Å². The fourth-order valence-corrected chi connectivity index (χ4v) is 1.86. The molecule has 0 fully saturated rings. The number of anilines is 2. The molecule has 1 aromatic carbocycles. The Balaban J connectivity index is 2.23. The summed E-state index contributed by atoms with van der Waals surface area (Å²) in [6, 6.07) is 8.88. The summed E-state index contributed by atoms with van der Waals surface area (Å²) in [5.74, 6) is -0.239. The van der Waals surface area contributed by atoms with Gasteiger partial charge in [0.1, 0.15) is 0 Å². The van der Waals surface area contributed by atoms with E-state index in [1.807, 2.05) is 19.1 Å². The number of halogens is 1. The molecule has 4 nitrogen and oxygen atoms in total. The van der Waals surface area contributed by atoms with Crippen LogP contribution >= 0.6 is 11.6 Å². The Bertz CT molecular complexity index is 586. The number of hydrogen-bond acceptors (Lipinski definition) is 3. The normalized spacial score (nSPS) is 10.0. The summed E-state index contributed by atoms with van der Waals surface area (Å²) in [6.45, 7) is 2.70. The Morgan fingerprint density at radius 1 is 1.26 bits per heavy atom. The van der Waals surface area contributed by atoms with Gasteiger partial charge >= 0.3 is 0 Å². The van der Waals surface area contributed by atoms with Crippen molar-refractivity contribution in [1.29, 1.82) is 0 Å². The Hall–Kier alpha value is -2.07. The van der Waals surface area contributed by atoms with Crippen molar-refractivity contribution >= 4 is 28.9 Å². The van der Waals surface area contributed by atoms with Crippen LogP contribution in [0.5, 0.6) is 0 Å². The van der Waals surface area contributed by atoms with Crippen LogP contribution in [0.4, 0.5) is 11.4 Å². The van der Waals surface area contributed by atoms with Gasteiger partial charge in [-0.25, -0.2) is 0 Å². The average Bonchev–Trinajstić information content (AvgIpc) is 2.42.